The maximum atomic E-state index is 13.2. The van der Waals surface area contributed by atoms with Crippen molar-refractivity contribution in [3.63, 3.8) is 0 Å². The molecule has 140 valence electrons. The fraction of sp³-hybridized carbons (Fsp3) is 0.130. The van der Waals surface area contributed by atoms with E-state index in [0.717, 1.165) is 27.3 Å². The van der Waals surface area contributed by atoms with Gasteiger partial charge < -0.3 is 10.3 Å². The molecule has 3 aromatic carbocycles. The largest absolute Gasteiger partial charge is 0.345 e. The highest BCUT2D eigenvalue weighted by molar-refractivity contribution is 8.00. The zero-order chi connectivity index (χ0) is 19.3. The number of aromatic amines is 1. The smallest absolute Gasteiger partial charge is 0.238 e. The highest BCUT2D eigenvalue weighted by Crippen LogP contribution is 2.35. The number of fused-ring (bicyclic) bond motifs is 1. The number of carbonyl (C=O) groups is 1. The molecule has 0 aliphatic rings. The number of H-pyrrole nitrogens is 1. The van der Waals surface area contributed by atoms with Crippen LogP contribution < -0.4 is 5.32 Å². The molecule has 4 rings (SSSR count). The summed E-state index contributed by atoms with van der Waals surface area (Å²) in [6, 6.07) is 27.5. The second-order valence-electron chi connectivity index (χ2n) is 6.59. The molecule has 2 N–H and O–H groups in total. The van der Waals surface area contributed by atoms with E-state index in [1.54, 1.807) is 11.8 Å². The van der Waals surface area contributed by atoms with Crippen LogP contribution in [0, 0.1) is 0 Å². The number of hydrogen-bond donors (Lipinski definition) is 2. The molecular formula is C23H21N3OS. The van der Waals surface area contributed by atoms with Crippen molar-refractivity contribution < 1.29 is 4.79 Å². The van der Waals surface area contributed by atoms with Crippen LogP contribution in [0.25, 0.3) is 11.0 Å². The molecule has 0 radical (unpaired) electrons. The molecule has 1 heterocycles. The molecule has 0 aliphatic heterocycles. The number of carbonyl (C=O) groups excluding carboxylic acids is 1. The SMILES string of the molecule is C[C@H](NC(=O)C(Sc1ccccc1)c1ccccc1)c1nc2ccccc2[nH]1. The quantitative estimate of drug-likeness (QED) is 0.443. The standard InChI is InChI=1S/C23H21N3OS/c1-16(22-25-19-14-8-9-15-20(19)26-22)24-23(27)21(17-10-4-2-5-11-17)28-18-12-6-3-7-13-18/h2-16,21H,1H3,(H,24,27)(H,25,26)/t16-,21?/m0/s1. The van der Waals surface area contributed by atoms with Crippen molar-refractivity contribution >= 4 is 28.7 Å². The normalized spacial score (nSPS) is 13.2. The lowest BCUT2D eigenvalue weighted by Crippen LogP contribution is -2.31. The zero-order valence-corrected chi connectivity index (χ0v) is 16.3. The van der Waals surface area contributed by atoms with E-state index in [2.05, 4.69) is 15.3 Å². The molecule has 28 heavy (non-hydrogen) atoms. The van der Waals surface area contributed by atoms with E-state index in [4.69, 9.17) is 0 Å². The fourth-order valence-electron chi connectivity index (χ4n) is 3.07. The van der Waals surface area contributed by atoms with Crippen LogP contribution in [0.2, 0.25) is 0 Å². The van der Waals surface area contributed by atoms with E-state index in [-0.39, 0.29) is 17.2 Å². The van der Waals surface area contributed by atoms with Gasteiger partial charge in [0.15, 0.2) is 0 Å². The van der Waals surface area contributed by atoms with Crippen molar-refractivity contribution in [1.82, 2.24) is 15.3 Å². The van der Waals surface area contributed by atoms with Gasteiger partial charge in [0.25, 0.3) is 0 Å². The van der Waals surface area contributed by atoms with Crippen molar-refractivity contribution in [1.29, 1.82) is 0 Å². The maximum absolute atomic E-state index is 13.2. The van der Waals surface area contributed by atoms with Gasteiger partial charge in [-0.25, -0.2) is 4.98 Å². The monoisotopic (exact) mass is 387 g/mol. The molecule has 5 heteroatoms. The van der Waals surface area contributed by atoms with E-state index in [9.17, 15) is 4.79 Å². The van der Waals surface area contributed by atoms with Crippen LogP contribution >= 0.6 is 11.8 Å². The third-order valence-electron chi connectivity index (χ3n) is 4.51. The van der Waals surface area contributed by atoms with Gasteiger partial charge in [-0.2, -0.15) is 0 Å². The molecule has 0 saturated heterocycles. The highest BCUT2D eigenvalue weighted by atomic mass is 32.2. The molecule has 4 nitrogen and oxygen atoms in total. The Morgan fingerprint density at radius 3 is 2.29 bits per heavy atom. The average Bonchev–Trinajstić information content (AvgIpc) is 3.18. The topological polar surface area (TPSA) is 57.8 Å². The maximum Gasteiger partial charge on any atom is 0.238 e. The summed E-state index contributed by atoms with van der Waals surface area (Å²) < 4.78 is 0. The van der Waals surface area contributed by atoms with Crippen LogP contribution in [0.1, 0.15) is 29.6 Å². The van der Waals surface area contributed by atoms with Gasteiger partial charge in [0, 0.05) is 4.90 Å². The molecule has 4 aromatic rings. The Morgan fingerprint density at radius 2 is 1.57 bits per heavy atom. The first-order chi connectivity index (χ1) is 13.7. The summed E-state index contributed by atoms with van der Waals surface area (Å²) in [6.45, 7) is 1.95. The average molecular weight is 388 g/mol. The Balaban J connectivity index is 1.56. The summed E-state index contributed by atoms with van der Waals surface area (Å²) in [5, 5.41) is 2.78. The van der Waals surface area contributed by atoms with Crippen LogP contribution in [-0.4, -0.2) is 15.9 Å². The molecule has 0 saturated carbocycles. The number of aromatic nitrogens is 2. The minimum atomic E-state index is -0.338. The zero-order valence-electron chi connectivity index (χ0n) is 15.5. The van der Waals surface area contributed by atoms with Gasteiger partial charge in [-0.05, 0) is 36.8 Å². The third kappa shape index (κ3) is 4.10. The van der Waals surface area contributed by atoms with E-state index >= 15 is 0 Å². The molecule has 0 aliphatic carbocycles. The second-order valence-corrected chi connectivity index (χ2v) is 7.77. The predicted molar refractivity (Wildman–Crippen MR) is 114 cm³/mol. The Morgan fingerprint density at radius 1 is 0.929 bits per heavy atom. The molecular weight excluding hydrogens is 366 g/mol. The van der Waals surface area contributed by atoms with E-state index in [0.29, 0.717) is 0 Å². The van der Waals surface area contributed by atoms with Crippen LogP contribution in [0.5, 0.6) is 0 Å². The van der Waals surface area contributed by atoms with Crippen molar-refractivity contribution in [2.24, 2.45) is 0 Å². The number of imidazole rings is 1. The van der Waals surface area contributed by atoms with Crippen LogP contribution in [-0.2, 0) is 4.79 Å². The summed E-state index contributed by atoms with van der Waals surface area (Å²) in [4.78, 5) is 22.1. The Kier molecular flexibility index (Phi) is 5.44. The molecule has 0 spiro atoms. The second kappa shape index (κ2) is 8.31. The van der Waals surface area contributed by atoms with Crippen LogP contribution in [0.4, 0.5) is 0 Å². The minimum Gasteiger partial charge on any atom is -0.345 e. The Bertz CT molecular complexity index is 1030. The van der Waals surface area contributed by atoms with Gasteiger partial charge in [-0.1, -0.05) is 60.7 Å². The van der Waals surface area contributed by atoms with Gasteiger partial charge in [-0.15, -0.1) is 11.8 Å². The van der Waals surface area contributed by atoms with Gasteiger partial charge in [-0.3, -0.25) is 4.79 Å². The van der Waals surface area contributed by atoms with Crippen LogP contribution in [0.3, 0.4) is 0 Å². The lowest BCUT2D eigenvalue weighted by atomic mass is 10.1. The first kappa shape index (κ1) is 18.3. The Labute approximate surface area is 168 Å². The van der Waals surface area contributed by atoms with Gasteiger partial charge in [0.2, 0.25) is 5.91 Å². The number of thioether (sulfide) groups is 1. The van der Waals surface area contributed by atoms with Crippen molar-refractivity contribution in [2.45, 2.75) is 23.1 Å². The molecule has 1 amide bonds. The number of para-hydroxylation sites is 2. The van der Waals surface area contributed by atoms with Crippen molar-refractivity contribution in [3.8, 4) is 0 Å². The summed E-state index contributed by atoms with van der Waals surface area (Å²) >= 11 is 1.55. The lowest BCUT2D eigenvalue weighted by Gasteiger charge is -2.19. The number of nitrogens with one attached hydrogen (secondary N) is 2. The molecule has 0 fully saturated rings. The summed E-state index contributed by atoms with van der Waals surface area (Å²) in [6.07, 6.45) is 0. The van der Waals surface area contributed by atoms with E-state index in [1.165, 1.54) is 0 Å². The number of rotatable bonds is 6. The molecule has 2 atom stereocenters. The van der Waals surface area contributed by atoms with Crippen molar-refractivity contribution in [3.05, 3.63) is 96.3 Å². The van der Waals surface area contributed by atoms with Gasteiger partial charge >= 0.3 is 0 Å². The van der Waals surface area contributed by atoms with Gasteiger partial charge in [0.1, 0.15) is 11.1 Å². The van der Waals surface area contributed by atoms with Gasteiger partial charge in [0.05, 0.1) is 17.1 Å². The van der Waals surface area contributed by atoms with Crippen molar-refractivity contribution in [2.75, 3.05) is 0 Å². The highest BCUT2D eigenvalue weighted by Gasteiger charge is 2.24. The lowest BCUT2D eigenvalue weighted by molar-refractivity contribution is -0.121. The number of benzene rings is 3. The molecule has 0 bridgehead atoms. The van der Waals surface area contributed by atoms with Crippen LogP contribution in [0.15, 0.2) is 89.8 Å². The Hall–Kier alpha value is -3.05. The number of nitrogens with zero attached hydrogens (tertiary/aromatic N) is 1. The first-order valence-corrected chi connectivity index (χ1v) is 10.1. The molecule has 1 unspecified atom stereocenters. The summed E-state index contributed by atoms with van der Waals surface area (Å²) in [5.41, 5.74) is 2.85. The predicted octanol–water partition coefficient (Wildman–Crippen LogP) is 5.27. The van der Waals surface area contributed by atoms with E-state index < -0.39 is 0 Å². The first-order valence-electron chi connectivity index (χ1n) is 9.22. The summed E-state index contributed by atoms with van der Waals surface area (Å²) in [5.74, 6) is 0.721. The summed E-state index contributed by atoms with van der Waals surface area (Å²) in [7, 11) is 0. The molecule has 1 aromatic heterocycles. The minimum absolute atomic E-state index is 0.0343. The number of hydrogen-bond acceptors (Lipinski definition) is 3. The van der Waals surface area contributed by atoms with E-state index in [1.807, 2.05) is 91.9 Å². The fourth-order valence-corrected chi connectivity index (χ4v) is 4.13. The number of amides is 1. The third-order valence-corrected chi connectivity index (χ3v) is 5.78.